The summed E-state index contributed by atoms with van der Waals surface area (Å²) in [6.45, 7) is 1.85. The van der Waals surface area contributed by atoms with Crippen molar-refractivity contribution in [3.8, 4) is 0 Å². The van der Waals surface area contributed by atoms with Crippen molar-refractivity contribution in [3.63, 3.8) is 0 Å². The van der Waals surface area contributed by atoms with E-state index >= 15 is 0 Å². The highest BCUT2D eigenvalue weighted by molar-refractivity contribution is 7.10. The molecule has 0 aliphatic carbocycles. The first-order valence-corrected chi connectivity index (χ1v) is 7.17. The summed E-state index contributed by atoms with van der Waals surface area (Å²) in [7, 11) is 0. The third kappa shape index (κ3) is 3.93. The number of amides is 2. The van der Waals surface area contributed by atoms with Crippen LogP contribution in [0.4, 0.5) is 0 Å². The van der Waals surface area contributed by atoms with Crippen molar-refractivity contribution in [3.05, 3.63) is 58.3 Å². The molecule has 2 amide bonds. The van der Waals surface area contributed by atoms with Crippen LogP contribution in [0.3, 0.4) is 0 Å². The average molecular weight is 288 g/mol. The van der Waals surface area contributed by atoms with Gasteiger partial charge in [-0.2, -0.15) is 0 Å². The lowest BCUT2D eigenvalue weighted by molar-refractivity contribution is -0.128. The Kier molecular flexibility index (Phi) is 4.90. The number of carbonyl (C=O) groups is 2. The molecule has 104 valence electrons. The normalized spacial score (nSPS) is 11.7. The molecule has 1 aromatic heterocycles. The number of hydrogen-bond donors (Lipinski definition) is 2. The Morgan fingerprint density at radius 3 is 2.50 bits per heavy atom. The van der Waals surface area contributed by atoms with Crippen LogP contribution in [0.2, 0.25) is 0 Å². The van der Waals surface area contributed by atoms with Crippen LogP contribution in [0.1, 0.15) is 23.4 Å². The zero-order chi connectivity index (χ0) is 14.4. The van der Waals surface area contributed by atoms with Crippen LogP contribution in [-0.2, 0) is 16.1 Å². The van der Waals surface area contributed by atoms with Gasteiger partial charge in [-0.1, -0.05) is 36.4 Å². The second-order valence-corrected chi connectivity index (χ2v) is 5.33. The van der Waals surface area contributed by atoms with E-state index in [9.17, 15) is 9.59 Å². The van der Waals surface area contributed by atoms with Gasteiger partial charge in [-0.25, -0.2) is 0 Å². The Morgan fingerprint density at radius 2 is 1.90 bits per heavy atom. The van der Waals surface area contributed by atoms with Gasteiger partial charge in [0.25, 0.3) is 0 Å². The summed E-state index contributed by atoms with van der Waals surface area (Å²) in [5, 5.41) is 7.41. The van der Waals surface area contributed by atoms with Gasteiger partial charge >= 0.3 is 0 Å². The lowest BCUT2D eigenvalue weighted by Gasteiger charge is -2.16. The molecule has 2 rings (SSSR count). The number of benzene rings is 1. The summed E-state index contributed by atoms with van der Waals surface area (Å²) < 4.78 is 0. The minimum atomic E-state index is -0.629. The number of carbonyl (C=O) groups excluding carboxylic acids is 2. The fourth-order valence-electron chi connectivity index (χ4n) is 1.81. The summed E-state index contributed by atoms with van der Waals surface area (Å²) >= 11 is 1.45. The first kappa shape index (κ1) is 14.3. The number of thiophene rings is 1. The zero-order valence-electron chi connectivity index (χ0n) is 11.1. The molecule has 0 unspecified atom stereocenters. The second-order valence-electron chi connectivity index (χ2n) is 4.35. The van der Waals surface area contributed by atoms with E-state index in [-0.39, 0.29) is 11.8 Å². The third-order valence-corrected chi connectivity index (χ3v) is 3.68. The maximum absolute atomic E-state index is 12.2. The highest BCUT2D eigenvalue weighted by Gasteiger charge is 2.21. The zero-order valence-corrected chi connectivity index (χ0v) is 11.9. The Balaban J connectivity index is 2.02. The predicted molar refractivity (Wildman–Crippen MR) is 79.2 cm³/mol. The van der Waals surface area contributed by atoms with Crippen molar-refractivity contribution >= 4 is 23.2 Å². The summed E-state index contributed by atoms with van der Waals surface area (Å²) in [4.78, 5) is 24.3. The van der Waals surface area contributed by atoms with Crippen molar-refractivity contribution in [2.24, 2.45) is 0 Å². The predicted octanol–water partition coefficient (Wildman–Crippen LogP) is 2.24. The van der Waals surface area contributed by atoms with Gasteiger partial charge in [0.1, 0.15) is 6.04 Å². The van der Waals surface area contributed by atoms with Gasteiger partial charge in [0.2, 0.25) is 11.8 Å². The standard InChI is InChI=1S/C15H16N2O2S/c1-11(18)17-14(13-8-5-9-20-13)15(19)16-10-12-6-3-2-4-7-12/h2-9,14H,10H2,1H3,(H,16,19)(H,17,18)/t14-/m0/s1. The van der Waals surface area contributed by atoms with Gasteiger partial charge in [0.05, 0.1) is 0 Å². The highest BCUT2D eigenvalue weighted by atomic mass is 32.1. The van der Waals surface area contributed by atoms with E-state index in [1.54, 1.807) is 0 Å². The number of nitrogens with one attached hydrogen (secondary N) is 2. The molecule has 0 bridgehead atoms. The summed E-state index contributed by atoms with van der Waals surface area (Å²) in [6, 6.07) is 12.7. The molecule has 2 N–H and O–H groups in total. The van der Waals surface area contributed by atoms with Crippen LogP contribution < -0.4 is 10.6 Å². The van der Waals surface area contributed by atoms with Crippen LogP contribution in [0.25, 0.3) is 0 Å². The Labute approximate surface area is 121 Å². The molecule has 0 saturated heterocycles. The van der Waals surface area contributed by atoms with Gasteiger partial charge in [0, 0.05) is 18.3 Å². The minimum Gasteiger partial charge on any atom is -0.350 e. The second kappa shape index (κ2) is 6.86. The fraction of sp³-hybridized carbons (Fsp3) is 0.200. The Bertz CT molecular complexity index is 567. The van der Waals surface area contributed by atoms with Crippen molar-refractivity contribution in [1.29, 1.82) is 0 Å². The van der Waals surface area contributed by atoms with E-state index in [2.05, 4.69) is 10.6 Å². The highest BCUT2D eigenvalue weighted by Crippen LogP contribution is 2.19. The molecule has 0 radical (unpaired) electrons. The first-order valence-electron chi connectivity index (χ1n) is 6.29. The molecular weight excluding hydrogens is 272 g/mol. The smallest absolute Gasteiger partial charge is 0.248 e. The summed E-state index contributed by atoms with van der Waals surface area (Å²) in [5.74, 6) is -0.426. The van der Waals surface area contributed by atoms with Gasteiger partial charge in [-0.3, -0.25) is 9.59 Å². The minimum absolute atomic E-state index is 0.202. The molecule has 0 aliphatic heterocycles. The van der Waals surface area contributed by atoms with Gasteiger partial charge in [0.15, 0.2) is 0 Å². The Hall–Kier alpha value is -2.14. The topological polar surface area (TPSA) is 58.2 Å². The molecule has 2 aromatic rings. The summed E-state index contributed by atoms with van der Waals surface area (Å²) in [6.07, 6.45) is 0. The van der Waals surface area contributed by atoms with Crippen molar-refractivity contribution < 1.29 is 9.59 Å². The molecule has 4 nitrogen and oxygen atoms in total. The van der Waals surface area contributed by atoms with Crippen molar-refractivity contribution in [2.75, 3.05) is 0 Å². The molecule has 5 heteroatoms. The number of rotatable bonds is 5. The number of hydrogen-bond acceptors (Lipinski definition) is 3. The van der Waals surface area contributed by atoms with Gasteiger partial charge in [-0.15, -0.1) is 11.3 Å². The largest absolute Gasteiger partial charge is 0.350 e. The first-order chi connectivity index (χ1) is 9.66. The molecule has 1 aromatic carbocycles. The van der Waals surface area contributed by atoms with E-state index in [1.165, 1.54) is 18.3 Å². The van der Waals surface area contributed by atoms with Crippen LogP contribution in [0.15, 0.2) is 47.8 Å². The monoisotopic (exact) mass is 288 g/mol. The van der Waals surface area contributed by atoms with Gasteiger partial charge in [-0.05, 0) is 17.0 Å². The van der Waals surface area contributed by atoms with E-state index in [0.717, 1.165) is 10.4 Å². The molecule has 0 fully saturated rings. The maximum Gasteiger partial charge on any atom is 0.248 e. The van der Waals surface area contributed by atoms with E-state index in [4.69, 9.17) is 0 Å². The fourth-order valence-corrected chi connectivity index (χ4v) is 2.59. The summed E-state index contributed by atoms with van der Waals surface area (Å²) in [5.41, 5.74) is 1.02. The third-order valence-electron chi connectivity index (χ3n) is 2.75. The van der Waals surface area contributed by atoms with Crippen LogP contribution in [0.5, 0.6) is 0 Å². The quantitative estimate of drug-likeness (QED) is 0.886. The van der Waals surface area contributed by atoms with Crippen LogP contribution >= 0.6 is 11.3 Å². The molecular formula is C15H16N2O2S. The lowest BCUT2D eigenvalue weighted by atomic mass is 10.2. The average Bonchev–Trinajstić information content (AvgIpc) is 2.97. The SMILES string of the molecule is CC(=O)N[C@H](C(=O)NCc1ccccc1)c1cccs1. The lowest BCUT2D eigenvalue weighted by Crippen LogP contribution is -2.38. The molecule has 1 atom stereocenters. The van der Waals surface area contributed by atoms with E-state index in [1.807, 2.05) is 47.8 Å². The van der Waals surface area contributed by atoms with Crippen molar-refractivity contribution in [2.45, 2.75) is 19.5 Å². The molecule has 20 heavy (non-hydrogen) atoms. The van der Waals surface area contributed by atoms with E-state index in [0.29, 0.717) is 6.54 Å². The molecule has 1 heterocycles. The molecule has 0 saturated carbocycles. The Morgan fingerprint density at radius 1 is 1.15 bits per heavy atom. The molecule has 0 spiro atoms. The van der Waals surface area contributed by atoms with Crippen molar-refractivity contribution in [1.82, 2.24) is 10.6 Å². The van der Waals surface area contributed by atoms with E-state index < -0.39 is 6.04 Å². The van der Waals surface area contributed by atoms with Crippen LogP contribution in [-0.4, -0.2) is 11.8 Å². The van der Waals surface area contributed by atoms with Crippen LogP contribution in [0, 0.1) is 0 Å². The maximum atomic E-state index is 12.2. The molecule has 0 aliphatic rings. The van der Waals surface area contributed by atoms with Gasteiger partial charge < -0.3 is 10.6 Å².